The zero-order valence-corrected chi connectivity index (χ0v) is 21.9. The first-order valence-corrected chi connectivity index (χ1v) is 12.9. The molecule has 1 aromatic heterocycles. The molecule has 0 spiro atoms. The summed E-state index contributed by atoms with van der Waals surface area (Å²) in [6, 6.07) is 7.18. The predicted octanol–water partition coefficient (Wildman–Crippen LogP) is 4.50. The van der Waals surface area contributed by atoms with E-state index in [0.29, 0.717) is 49.3 Å². The molecule has 9 nitrogen and oxygen atoms in total. The maximum absolute atomic E-state index is 12.8. The first-order chi connectivity index (χ1) is 17.2. The van der Waals surface area contributed by atoms with Crippen molar-refractivity contribution in [2.75, 3.05) is 38.2 Å². The van der Waals surface area contributed by atoms with Gasteiger partial charge in [-0.2, -0.15) is 9.78 Å². The van der Waals surface area contributed by atoms with Crippen molar-refractivity contribution < 1.29 is 19.0 Å². The second kappa shape index (κ2) is 11.5. The molecule has 1 N–H and O–H groups in total. The number of hydrogen-bond acceptors (Lipinski definition) is 7. The number of aromatic nitrogens is 2. The SMILES string of the molecule is CC(C)(C)OC(=O)N1CCC(Oc2ccc(-n3ncc(NC[C@H]4CCCOC4)c(Cl)c3=O)cc2)CC1. The van der Waals surface area contributed by atoms with Crippen molar-refractivity contribution in [3.05, 3.63) is 45.8 Å². The van der Waals surface area contributed by atoms with E-state index in [1.807, 2.05) is 32.9 Å². The smallest absolute Gasteiger partial charge is 0.410 e. The zero-order chi connectivity index (χ0) is 25.7. The Labute approximate surface area is 216 Å². The summed E-state index contributed by atoms with van der Waals surface area (Å²) in [6.45, 7) is 8.98. The molecular weight excluding hydrogens is 484 g/mol. The summed E-state index contributed by atoms with van der Waals surface area (Å²) in [7, 11) is 0. The van der Waals surface area contributed by atoms with Crippen molar-refractivity contribution in [1.82, 2.24) is 14.7 Å². The number of piperidine rings is 1. The Morgan fingerprint density at radius 1 is 1.19 bits per heavy atom. The van der Waals surface area contributed by atoms with Crippen molar-refractivity contribution in [3.8, 4) is 11.4 Å². The molecule has 2 saturated heterocycles. The summed E-state index contributed by atoms with van der Waals surface area (Å²) >= 11 is 6.37. The van der Waals surface area contributed by atoms with Crippen molar-refractivity contribution in [1.29, 1.82) is 0 Å². The molecule has 1 aromatic carbocycles. The number of hydrogen-bond donors (Lipinski definition) is 1. The van der Waals surface area contributed by atoms with Crippen molar-refractivity contribution >= 4 is 23.4 Å². The van der Waals surface area contributed by atoms with Crippen molar-refractivity contribution in [2.45, 2.75) is 58.2 Å². The minimum Gasteiger partial charge on any atom is -0.490 e. The Kier molecular flexibility index (Phi) is 8.41. The molecule has 3 heterocycles. The van der Waals surface area contributed by atoms with Gasteiger partial charge in [0.2, 0.25) is 0 Å². The molecule has 2 aromatic rings. The summed E-state index contributed by atoms with van der Waals surface area (Å²) in [6.07, 6.45) is 4.88. The van der Waals surface area contributed by atoms with Crippen LogP contribution in [0.1, 0.15) is 46.5 Å². The summed E-state index contributed by atoms with van der Waals surface area (Å²) < 4.78 is 18.3. The Morgan fingerprint density at radius 2 is 1.92 bits per heavy atom. The van der Waals surface area contributed by atoms with E-state index in [9.17, 15) is 9.59 Å². The van der Waals surface area contributed by atoms with Gasteiger partial charge >= 0.3 is 6.09 Å². The number of ether oxygens (including phenoxy) is 3. The topological polar surface area (TPSA) is 94.9 Å². The van der Waals surface area contributed by atoms with Crippen molar-refractivity contribution in [3.63, 3.8) is 0 Å². The number of anilines is 1. The average molecular weight is 519 g/mol. The molecule has 0 aliphatic carbocycles. The average Bonchev–Trinajstić information content (AvgIpc) is 2.86. The van der Waals surface area contributed by atoms with Crippen molar-refractivity contribution in [2.24, 2.45) is 5.92 Å². The number of carbonyl (C=O) groups is 1. The molecule has 4 rings (SSSR count). The number of amides is 1. The monoisotopic (exact) mass is 518 g/mol. The fourth-order valence-electron chi connectivity index (χ4n) is 4.30. The maximum Gasteiger partial charge on any atom is 0.410 e. The Morgan fingerprint density at radius 3 is 2.56 bits per heavy atom. The van der Waals surface area contributed by atoms with Gasteiger partial charge in [-0.15, -0.1) is 0 Å². The molecule has 196 valence electrons. The summed E-state index contributed by atoms with van der Waals surface area (Å²) in [5, 5.41) is 7.65. The Hall–Kier alpha value is -2.78. The third kappa shape index (κ3) is 6.91. The minimum atomic E-state index is -0.506. The van der Waals surface area contributed by atoms with Gasteiger partial charge in [0.25, 0.3) is 5.56 Å². The second-order valence-corrected chi connectivity index (χ2v) is 10.7. The summed E-state index contributed by atoms with van der Waals surface area (Å²) in [5.41, 5.74) is 0.237. The van der Waals surface area contributed by atoms with Gasteiger partial charge in [-0.25, -0.2) is 4.79 Å². The van der Waals surface area contributed by atoms with Crippen LogP contribution in [0.25, 0.3) is 5.69 Å². The number of likely N-dealkylation sites (tertiary alicyclic amines) is 1. The van der Waals surface area contributed by atoms with E-state index in [0.717, 1.165) is 32.3 Å². The zero-order valence-electron chi connectivity index (χ0n) is 21.2. The van der Waals surface area contributed by atoms with E-state index in [1.54, 1.807) is 23.2 Å². The van der Waals surface area contributed by atoms with Crippen LogP contribution >= 0.6 is 11.6 Å². The highest BCUT2D eigenvalue weighted by Gasteiger charge is 2.27. The van der Waals surface area contributed by atoms with E-state index in [2.05, 4.69) is 10.4 Å². The minimum absolute atomic E-state index is 0.00440. The lowest BCUT2D eigenvalue weighted by Gasteiger charge is -2.33. The van der Waals surface area contributed by atoms with Gasteiger partial charge in [0, 0.05) is 39.1 Å². The van der Waals surface area contributed by atoms with Gasteiger partial charge in [0.05, 0.1) is 24.2 Å². The lowest BCUT2D eigenvalue weighted by Crippen LogP contribution is -2.44. The first-order valence-electron chi connectivity index (χ1n) is 12.5. The fourth-order valence-corrected chi connectivity index (χ4v) is 4.50. The molecule has 2 fully saturated rings. The molecule has 0 unspecified atom stereocenters. The highest BCUT2D eigenvalue weighted by atomic mass is 35.5. The Balaban J connectivity index is 1.32. The van der Waals surface area contributed by atoms with Gasteiger partial charge in [-0.05, 0) is 63.8 Å². The third-order valence-electron chi connectivity index (χ3n) is 6.23. The molecule has 10 heteroatoms. The van der Waals surface area contributed by atoms with E-state index in [-0.39, 0.29) is 22.8 Å². The standard InChI is InChI=1S/C26H35ClN4O5/c1-26(2,3)36-25(33)30-12-10-21(11-13-30)35-20-8-6-19(7-9-20)31-24(32)23(27)22(16-29-31)28-15-18-5-4-14-34-17-18/h6-9,16,18,21,28H,4-5,10-15,17H2,1-3H3/t18-/m1/s1. The molecule has 0 bridgehead atoms. The van der Waals surface area contributed by atoms with Crippen LogP contribution in [0.3, 0.4) is 0 Å². The molecule has 1 amide bonds. The van der Waals surface area contributed by atoms with Crippen LogP contribution in [0.15, 0.2) is 35.3 Å². The van der Waals surface area contributed by atoms with Gasteiger partial charge in [-0.1, -0.05) is 11.6 Å². The van der Waals surface area contributed by atoms with E-state index >= 15 is 0 Å². The van der Waals surface area contributed by atoms with Crippen LogP contribution in [0, 0.1) is 5.92 Å². The third-order valence-corrected chi connectivity index (χ3v) is 6.60. The predicted molar refractivity (Wildman–Crippen MR) is 138 cm³/mol. The maximum atomic E-state index is 12.8. The van der Waals surface area contributed by atoms with Gasteiger partial charge < -0.3 is 24.4 Å². The fraction of sp³-hybridized carbons (Fsp3) is 0.577. The normalized spacial score (nSPS) is 19.1. The summed E-state index contributed by atoms with van der Waals surface area (Å²) in [4.78, 5) is 26.8. The molecular formula is C26H35ClN4O5. The number of carbonyl (C=O) groups excluding carboxylic acids is 1. The van der Waals surface area contributed by atoms with Gasteiger partial charge in [0.15, 0.2) is 0 Å². The number of rotatable bonds is 6. The molecule has 2 aliphatic heterocycles. The van der Waals surface area contributed by atoms with E-state index in [1.165, 1.54) is 4.68 Å². The van der Waals surface area contributed by atoms with Crippen LogP contribution in [0.5, 0.6) is 5.75 Å². The summed E-state index contributed by atoms with van der Waals surface area (Å²) in [5.74, 6) is 1.09. The number of benzene rings is 1. The molecule has 36 heavy (non-hydrogen) atoms. The van der Waals surface area contributed by atoms with Gasteiger partial charge in [-0.3, -0.25) is 4.79 Å². The molecule has 1 atom stereocenters. The second-order valence-electron chi connectivity index (χ2n) is 10.3. The van der Waals surface area contributed by atoms with Crippen LogP contribution < -0.4 is 15.6 Å². The largest absolute Gasteiger partial charge is 0.490 e. The lowest BCUT2D eigenvalue weighted by molar-refractivity contribution is 0.0126. The van der Waals surface area contributed by atoms with Gasteiger partial charge in [0.1, 0.15) is 22.5 Å². The van der Waals surface area contributed by atoms with Crippen LogP contribution in [0.2, 0.25) is 5.02 Å². The first kappa shape index (κ1) is 26.3. The molecule has 0 saturated carbocycles. The molecule has 0 radical (unpaired) electrons. The Bertz CT molecular complexity index is 1080. The lowest BCUT2D eigenvalue weighted by atomic mass is 10.0. The quantitative estimate of drug-likeness (QED) is 0.601. The van der Waals surface area contributed by atoms with E-state index in [4.69, 9.17) is 25.8 Å². The molecule has 2 aliphatic rings. The van der Waals surface area contributed by atoms with Crippen LogP contribution in [-0.4, -0.2) is 65.3 Å². The van der Waals surface area contributed by atoms with E-state index < -0.39 is 5.60 Å². The number of nitrogens with zero attached hydrogens (tertiary/aromatic N) is 3. The highest BCUT2D eigenvalue weighted by molar-refractivity contribution is 6.32. The van der Waals surface area contributed by atoms with Crippen LogP contribution in [0.4, 0.5) is 10.5 Å². The van der Waals surface area contributed by atoms with Crippen LogP contribution in [-0.2, 0) is 9.47 Å². The number of halogens is 1. The highest BCUT2D eigenvalue weighted by Crippen LogP contribution is 2.23. The number of nitrogens with one attached hydrogen (secondary N) is 1.